The number of carbonyl (C=O) groups is 1. The molecule has 0 spiro atoms. The van der Waals surface area contributed by atoms with E-state index in [4.69, 9.17) is 18.9 Å². The molecule has 9 nitrogen and oxygen atoms in total. The van der Waals surface area contributed by atoms with Crippen LogP contribution in [-0.4, -0.2) is 54.3 Å². The summed E-state index contributed by atoms with van der Waals surface area (Å²) in [5, 5.41) is 2.75. The number of benzene rings is 3. The first kappa shape index (κ1) is 24.2. The van der Waals surface area contributed by atoms with Crippen molar-refractivity contribution < 1.29 is 32.2 Å². The van der Waals surface area contributed by atoms with Crippen LogP contribution in [0, 0.1) is 0 Å². The molecule has 0 radical (unpaired) electrons. The number of nitrogens with zero attached hydrogens (tertiary/aromatic N) is 1. The maximum absolute atomic E-state index is 13.5. The van der Waals surface area contributed by atoms with Crippen LogP contribution in [0.3, 0.4) is 0 Å². The van der Waals surface area contributed by atoms with Crippen LogP contribution in [0.5, 0.6) is 23.0 Å². The Hall–Kier alpha value is -3.92. The highest BCUT2D eigenvalue weighted by Crippen LogP contribution is 2.37. The first-order valence-electron chi connectivity index (χ1n) is 10.9. The van der Waals surface area contributed by atoms with Gasteiger partial charge in [-0.15, -0.1) is 0 Å². The zero-order valence-corrected chi connectivity index (χ0v) is 20.2. The highest BCUT2D eigenvalue weighted by atomic mass is 32.2. The van der Waals surface area contributed by atoms with E-state index in [1.54, 1.807) is 55.6 Å². The van der Waals surface area contributed by atoms with Crippen LogP contribution in [0.4, 0.5) is 5.69 Å². The molecule has 0 unspecified atom stereocenters. The molecule has 0 bridgehead atoms. The third-order valence-electron chi connectivity index (χ3n) is 5.40. The van der Waals surface area contributed by atoms with Crippen molar-refractivity contribution in [2.75, 3.05) is 38.2 Å². The van der Waals surface area contributed by atoms with Gasteiger partial charge in [0.15, 0.2) is 17.6 Å². The third-order valence-corrected chi connectivity index (χ3v) is 7.20. The molecule has 1 aliphatic heterocycles. The van der Waals surface area contributed by atoms with Gasteiger partial charge in [0.25, 0.3) is 15.9 Å². The summed E-state index contributed by atoms with van der Waals surface area (Å²) in [6, 6.07) is 20.0. The van der Waals surface area contributed by atoms with E-state index >= 15 is 0 Å². The van der Waals surface area contributed by atoms with Gasteiger partial charge in [-0.05, 0) is 48.5 Å². The molecule has 0 saturated carbocycles. The van der Waals surface area contributed by atoms with E-state index in [0.717, 1.165) is 0 Å². The van der Waals surface area contributed by atoms with E-state index < -0.39 is 22.0 Å². The number of nitrogens with one attached hydrogen (secondary N) is 1. The van der Waals surface area contributed by atoms with Crippen LogP contribution in [0.15, 0.2) is 77.7 Å². The molecular formula is C25H26N2O7S. The summed E-state index contributed by atoms with van der Waals surface area (Å²) in [5.41, 5.74) is 0.367. The lowest BCUT2D eigenvalue weighted by atomic mass is 10.2. The van der Waals surface area contributed by atoms with E-state index in [2.05, 4.69) is 5.32 Å². The molecule has 10 heteroatoms. The third kappa shape index (κ3) is 5.27. The van der Waals surface area contributed by atoms with Crippen LogP contribution in [-0.2, 0) is 14.8 Å². The zero-order chi connectivity index (χ0) is 24.8. The molecule has 0 aromatic heterocycles. The number of para-hydroxylation sites is 4. The SMILES string of the molecule is COc1ccc(S(=O)(=O)N2C[C@@H](C(=O)NCCOc3ccccc3OC)Oc3ccccc32)cc1. The maximum Gasteiger partial charge on any atom is 0.264 e. The Morgan fingerprint density at radius 3 is 2.37 bits per heavy atom. The average molecular weight is 499 g/mol. The molecule has 0 aliphatic carbocycles. The zero-order valence-electron chi connectivity index (χ0n) is 19.3. The number of methoxy groups -OCH3 is 2. The quantitative estimate of drug-likeness (QED) is 0.453. The number of sulfonamides is 1. The smallest absolute Gasteiger partial charge is 0.264 e. The van der Waals surface area contributed by atoms with Crippen molar-refractivity contribution in [2.24, 2.45) is 0 Å². The monoisotopic (exact) mass is 498 g/mol. The number of ether oxygens (including phenoxy) is 4. The summed E-state index contributed by atoms with van der Waals surface area (Å²) >= 11 is 0. The Labute approximate surface area is 204 Å². The summed E-state index contributed by atoms with van der Waals surface area (Å²) in [5.74, 6) is 1.55. The number of amides is 1. The van der Waals surface area contributed by atoms with Crippen molar-refractivity contribution in [1.29, 1.82) is 0 Å². The fourth-order valence-electron chi connectivity index (χ4n) is 3.63. The second kappa shape index (κ2) is 10.6. The second-order valence-corrected chi connectivity index (χ2v) is 9.44. The normalized spacial score (nSPS) is 14.9. The van der Waals surface area contributed by atoms with Gasteiger partial charge < -0.3 is 24.3 Å². The largest absolute Gasteiger partial charge is 0.497 e. The first-order chi connectivity index (χ1) is 16.9. The molecule has 4 rings (SSSR count). The lowest BCUT2D eigenvalue weighted by molar-refractivity contribution is -0.127. The van der Waals surface area contributed by atoms with E-state index in [1.807, 2.05) is 12.1 Å². The molecule has 1 amide bonds. The van der Waals surface area contributed by atoms with Gasteiger partial charge in [0.05, 0.1) is 37.9 Å². The van der Waals surface area contributed by atoms with Crippen molar-refractivity contribution in [3.8, 4) is 23.0 Å². The van der Waals surface area contributed by atoms with E-state index in [1.165, 1.54) is 23.5 Å². The lowest BCUT2D eigenvalue weighted by Gasteiger charge is -2.34. The first-order valence-corrected chi connectivity index (χ1v) is 12.3. The minimum Gasteiger partial charge on any atom is -0.497 e. The van der Waals surface area contributed by atoms with Gasteiger partial charge in [0, 0.05) is 0 Å². The number of hydrogen-bond acceptors (Lipinski definition) is 7. The van der Waals surface area contributed by atoms with Crippen molar-refractivity contribution in [1.82, 2.24) is 5.32 Å². The minimum atomic E-state index is -3.96. The van der Waals surface area contributed by atoms with Crippen molar-refractivity contribution in [3.05, 3.63) is 72.8 Å². The van der Waals surface area contributed by atoms with Gasteiger partial charge in [0.1, 0.15) is 18.1 Å². The van der Waals surface area contributed by atoms with Crippen LogP contribution < -0.4 is 28.6 Å². The molecular weight excluding hydrogens is 472 g/mol. The summed E-state index contributed by atoms with van der Waals surface area (Å²) in [6.45, 7) is 0.220. The summed E-state index contributed by atoms with van der Waals surface area (Å²) in [4.78, 5) is 13.0. The van der Waals surface area contributed by atoms with E-state index in [0.29, 0.717) is 28.7 Å². The Morgan fingerprint density at radius 2 is 1.66 bits per heavy atom. The van der Waals surface area contributed by atoms with Crippen molar-refractivity contribution in [3.63, 3.8) is 0 Å². The second-order valence-electron chi connectivity index (χ2n) is 7.58. The molecule has 35 heavy (non-hydrogen) atoms. The fraction of sp³-hybridized carbons (Fsp3) is 0.240. The van der Waals surface area contributed by atoms with Gasteiger partial charge in [-0.3, -0.25) is 9.10 Å². The maximum atomic E-state index is 13.5. The molecule has 1 N–H and O–H groups in total. The standard InChI is InChI=1S/C25H26N2O7S/c1-31-18-11-13-19(14-12-18)35(29,30)27-17-24(34-21-8-4-3-7-20(21)27)25(28)26-15-16-33-23-10-6-5-9-22(23)32-2/h3-14,24H,15-17H2,1-2H3,(H,26,28)/t24-/m0/s1. The average Bonchev–Trinajstić information content (AvgIpc) is 2.90. The molecule has 3 aromatic rings. The molecule has 1 atom stereocenters. The van der Waals surface area contributed by atoms with Crippen LogP contribution in [0.25, 0.3) is 0 Å². The molecule has 0 saturated heterocycles. The minimum absolute atomic E-state index is 0.0827. The fourth-order valence-corrected chi connectivity index (χ4v) is 5.10. The number of rotatable bonds is 9. The molecule has 1 aliphatic rings. The Balaban J connectivity index is 1.46. The highest BCUT2D eigenvalue weighted by molar-refractivity contribution is 7.92. The summed E-state index contributed by atoms with van der Waals surface area (Å²) in [6.07, 6.45) is -1.04. The van der Waals surface area contributed by atoms with Gasteiger partial charge in [0.2, 0.25) is 0 Å². The van der Waals surface area contributed by atoms with Crippen LogP contribution in [0.2, 0.25) is 0 Å². The van der Waals surface area contributed by atoms with Gasteiger partial charge in [-0.1, -0.05) is 24.3 Å². The van der Waals surface area contributed by atoms with Gasteiger partial charge in [-0.2, -0.15) is 0 Å². The summed E-state index contributed by atoms with van der Waals surface area (Å²) in [7, 11) is -0.901. The summed E-state index contributed by atoms with van der Waals surface area (Å²) < 4.78 is 50.0. The highest BCUT2D eigenvalue weighted by Gasteiger charge is 2.37. The Bertz CT molecular complexity index is 1280. The Kier molecular flexibility index (Phi) is 7.31. The number of carbonyl (C=O) groups excluding carboxylic acids is 1. The molecule has 0 fully saturated rings. The van der Waals surface area contributed by atoms with Crippen molar-refractivity contribution >= 4 is 21.6 Å². The Morgan fingerprint density at radius 1 is 0.971 bits per heavy atom. The number of fused-ring (bicyclic) bond motifs is 1. The lowest BCUT2D eigenvalue weighted by Crippen LogP contribution is -2.51. The van der Waals surface area contributed by atoms with Crippen LogP contribution >= 0.6 is 0 Å². The van der Waals surface area contributed by atoms with Crippen LogP contribution in [0.1, 0.15) is 0 Å². The van der Waals surface area contributed by atoms with Crippen molar-refractivity contribution in [2.45, 2.75) is 11.0 Å². The van der Waals surface area contributed by atoms with Gasteiger partial charge >= 0.3 is 0 Å². The molecule has 184 valence electrons. The van der Waals surface area contributed by atoms with E-state index in [9.17, 15) is 13.2 Å². The molecule has 1 heterocycles. The predicted octanol–water partition coefficient (Wildman–Crippen LogP) is 2.86. The number of anilines is 1. The topological polar surface area (TPSA) is 103 Å². The predicted molar refractivity (Wildman–Crippen MR) is 130 cm³/mol. The number of hydrogen-bond donors (Lipinski definition) is 1. The molecule has 3 aromatic carbocycles. The van der Waals surface area contributed by atoms with E-state index in [-0.39, 0.29) is 24.6 Å². The van der Waals surface area contributed by atoms with Gasteiger partial charge in [-0.25, -0.2) is 8.42 Å².